The molecule has 0 radical (unpaired) electrons. The Bertz CT molecular complexity index is 554. The highest BCUT2D eigenvalue weighted by atomic mass is 16.5. The number of aromatic nitrogens is 1. The zero-order chi connectivity index (χ0) is 14.5. The standard InChI is InChI=1S/C14H18N4O2/c1-9(13-4-6-20-14(15)18-13)7-12-8-11(3-5-16-12)17-10(2)19/h3-6,8-9,13H,7H2,1-2H3,(H2,15,18)(H,16,17,19)/t9-,13?/m1/s1. The van der Waals surface area contributed by atoms with Crippen LogP contribution in [-0.4, -0.2) is 23.0 Å². The summed E-state index contributed by atoms with van der Waals surface area (Å²) in [6, 6.07) is 3.80. The van der Waals surface area contributed by atoms with Crippen molar-refractivity contribution in [3.8, 4) is 0 Å². The molecule has 0 spiro atoms. The van der Waals surface area contributed by atoms with Crippen molar-refractivity contribution in [2.24, 2.45) is 16.6 Å². The van der Waals surface area contributed by atoms with Gasteiger partial charge in [0.2, 0.25) is 5.91 Å². The van der Waals surface area contributed by atoms with Crippen molar-refractivity contribution >= 4 is 17.6 Å². The maximum atomic E-state index is 11.0. The van der Waals surface area contributed by atoms with Gasteiger partial charge in [-0.3, -0.25) is 9.78 Å². The molecule has 0 aromatic carbocycles. The highest BCUT2D eigenvalue weighted by molar-refractivity contribution is 5.88. The second-order valence-corrected chi connectivity index (χ2v) is 4.80. The predicted molar refractivity (Wildman–Crippen MR) is 77.0 cm³/mol. The molecule has 1 aromatic rings. The van der Waals surface area contributed by atoms with Crippen molar-refractivity contribution in [2.45, 2.75) is 26.3 Å². The Morgan fingerprint density at radius 3 is 3.10 bits per heavy atom. The molecule has 0 saturated carbocycles. The van der Waals surface area contributed by atoms with Crippen LogP contribution in [0.1, 0.15) is 19.5 Å². The van der Waals surface area contributed by atoms with E-state index in [1.165, 1.54) is 6.92 Å². The van der Waals surface area contributed by atoms with E-state index in [0.717, 1.165) is 17.8 Å². The summed E-state index contributed by atoms with van der Waals surface area (Å²) >= 11 is 0. The van der Waals surface area contributed by atoms with Gasteiger partial charge < -0.3 is 15.8 Å². The van der Waals surface area contributed by atoms with Gasteiger partial charge in [-0.15, -0.1) is 0 Å². The summed E-state index contributed by atoms with van der Waals surface area (Å²) in [5.41, 5.74) is 7.20. The number of carbonyl (C=O) groups excluding carboxylic acids is 1. The van der Waals surface area contributed by atoms with E-state index < -0.39 is 0 Å². The van der Waals surface area contributed by atoms with Crippen molar-refractivity contribution in [1.29, 1.82) is 0 Å². The molecule has 2 rings (SSSR count). The molecule has 1 amide bonds. The lowest BCUT2D eigenvalue weighted by Crippen LogP contribution is -2.25. The average molecular weight is 274 g/mol. The molecule has 0 aliphatic carbocycles. The highest BCUT2D eigenvalue weighted by Gasteiger charge is 2.18. The SMILES string of the molecule is CC(=O)Nc1ccnc(C[C@@H](C)C2C=COC(N)=N2)c1. The number of carbonyl (C=O) groups is 1. The molecule has 1 aliphatic heterocycles. The minimum atomic E-state index is -0.0973. The number of hydrogen-bond donors (Lipinski definition) is 2. The third-order valence-corrected chi connectivity index (χ3v) is 2.99. The largest absolute Gasteiger partial charge is 0.435 e. The lowest BCUT2D eigenvalue weighted by molar-refractivity contribution is -0.114. The lowest BCUT2D eigenvalue weighted by Gasteiger charge is -2.19. The number of aliphatic imine (C=N–C) groups is 1. The molecule has 1 unspecified atom stereocenters. The van der Waals surface area contributed by atoms with Gasteiger partial charge in [0.05, 0.1) is 12.3 Å². The number of hydrogen-bond acceptors (Lipinski definition) is 5. The molecule has 2 heterocycles. The van der Waals surface area contributed by atoms with Crippen LogP contribution in [-0.2, 0) is 16.0 Å². The van der Waals surface area contributed by atoms with Gasteiger partial charge in [0, 0.05) is 24.5 Å². The monoisotopic (exact) mass is 274 g/mol. The first kappa shape index (κ1) is 14.0. The first-order valence-electron chi connectivity index (χ1n) is 6.43. The van der Waals surface area contributed by atoms with Crippen molar-refractivity contribution in [2.75, 3.05) is 5.32 Å². The summed E-state index contributed by atoms with van der Waals surface area (Å²) in [4.78, 5) is 19.6. The molecule has 3 N–H and O–H groups in total. The van der Waals surface area contributed by atoms with Gasteiger partial charge >= 0.3 is 0 Å². The fourth-order valence-corrected chi connectivity index (χ4v) is 2.05. The molecule has 1 aromatic heterocycles. The third-order valence-electron chi connectivity index (χ3n) is 2.99. The molecule has 0 fully saturated rings. The number of amidine groups is 1. The van der Waals surface area contributed by atoms with Crippen molar-refractivity contribution in [3.05, 3.63) is 36.4 Å². The minimum Gasteiger partial charge on any atom is -0.435 e. The summed E-state index contributed by atoms with van der Waals surface area (Å²) in [6.45, 7) is 3.55. The molecule has 0 saturated heterocycles. The summed E-state index contributed by atoms with van der Waals surface area (Å²) in [5, 5.41) is 2.74. The number of ether oxygens (including phenoxy) is 1. The minimum absolute atomic E-state index is 0.0185. The van der Waals surface area contributed by atoms with Gasteiger partial charge in [-0.2, -0.15) is 0 Å². The van der Waals surface area contributed by atoms with Crippen LogP contribution in [0.2, 0.25) is 0 Å². The van der Waals surface area contributed by atoms with E-state index in [-0.39, 0.29) is 23.9 Å². The summed E-state index contributed by atoms with van der Waals surface area (Å²) in [7, 11) is 0. The third kappa shape index (κ3) is 3.81. The van der Waals surface area contributed by atoms with Gasteiger partial charge in [0.1, 0.15) is 0 Å². The Hall–Kier alpha value is -2.37. The topological polar surface area (TPSA) is 89.6 Å². The van der Waals surface area contributed by atoms with E-state index in [1.54, 1.807) is 18.5 Å². The van der Waals surface area contributed by atoms with Crippen molar-refractivity contribution in [3.63, 3.8) is 0 Å². The molecule has 20 heavy (non-hydrogen) atoms. The Morgan fingerprint density at radius 2 is 2.40 bits per heavy atom. The smallest absolute Gasteiger partial charge is 0.287 e. The van der Waals surface area contributed by atoms with E-state index >= 15 is 0 Å². The first-order chi connectivity index (χ1) is 9.54. The molecule has 2 atom stereocenters. The van der Waals surface area contributed by atoms with Gasteiger partial charge in [0.15, 0.2) is 0 Å². The number of nitrogens with zero attached hydrogens (tertiary/aromatic N) is 2. The number of anilines is 1. The molecular formula is C14H18N4O2. The Labute approximate surface area is 117 Å². The van der Waals surface area contributed by atoms with Crippen LogP contribution >= 0.6 is 0 Å². The Balaban J connectivity index is 2.04. The van der Waals surface area contributed by atoms with Gasteiger partial charge in [-0.1, -0.05) is 6.92 Å². The average Bonchev–Trinajstić information content (AvgIpc) is 2.38. The van der Waals surface area contributed by atoms with Crippen LogP contribution in [0.5, 0.6) is 0 Å². The number of nitrogens with one attached hydrogen (secondary N) is 1. The molecule has 6 nitrogen and oxygen atoms in total. The van der Waals surface area contributed by atoms with Crippen molar-refractivity contribution in [1.82, 2.24) is 4.98 Å². The van der Waals surface area contributed by atoms with Gasteiger partial charge in [-0.05, 0) is 30.5 Å². The number of rotatable bonds is 4. The molecule has 0 bridgehead atoms. The van der Waals surface area contributed by atoms with Gasteiger partial charge in [0.25, 0.3) is 6.02 Å². The quantitative estimate of drug-likeness (QED) is 0.869. The molecule has 106 valence electrons. The van der Waals surface area contributed by atoms with Gasteiger partial charge in [-0.25, -0.2) is 4.99 Å². The lowest BCUT2D eigenvalue weighted by atomic mass is 9.96. The molecule has 6 heteroatoms. The normalized spacial score (nSPS) is 18.9. The van der Waals surface area contributed by atoms with Crippen LogP contribution in [0.4, 0.5) is 5.69 Å². The molecular weight excluding hydrogens is 256 g/mol. The highest BCUT2D eigenvalue weighted by Crippen LogP contribution is 2.18. The summed E-state index contributed by atoms with van der Waals surface area (Å²) in [5.74, 6) is 0.133. The zero-order valence-corrected chi connectivity index (χ0v) is 11.5. The van der Waals surface area contributed by atoms with Crippen LogP contribution in [0.25, 0.3) is 0 Å². The van der Waals surface area contributed by atoms with Crippen LogP contribution in [0, 0.1) is 5.92 Å². The maximum absolute atomic E-state index is 11.0. The van der Waals surface area contributed by atoms with E-state index in [2.05, 4.69) is 22.2 Å². The fraction of sp³-hybridized carbons (Fsp3) is 0.357. The Morgan fingerprint density at radius 1 is 1.60 bits per heavy atom. The fourth-order valence-electron chi connectivity index (χ4n) is 2.05. The predicted octanol–water partition coefficient (Wildman–Crippen LogP) is 1.45. The number of amides is 1. The Kier molecular flexibility index (Phi) is 4.34. The first-order valence-corrected chi connectivity index (χ1v) is 6.43. The van der Waals surface area contributed by atoms with Crippen LogP contribution < -0.4 is 11.1 Å². The second kappa shape index (κ2) is 6.18. The van der Waals surface area contributed by atoms with E-state index in [1.807, 2.05) is 12.1 Å². The summed E-state index contributed by atoms with van der Waals surface area (Å²) < 4.78 is 4.96. The van der Waals surface area contributed by atoms with E-state index in [9.17, 15) is 4.79 Å². The van der Waals surface area contributed by atoms with E-state index in [4.69, 9.17) is 10.5 Å². The zero-order valence-electron chi connectivity index (χ0n) is 11.5. The number of nitrogens with two attached hydrogens (primary N) is 1. The second-order valence-electron chi connectivity index (χ2n) is 4.80. The number of pyridine rings is 1. The van der Waals surface area contributed by atoms with Crippen LogP contribution in [0.15, 0.2) is 35.7 Å². The maximum Gasteiger partial charge on any atom is 0.287 e. The van der Waals surface area contributed by atoms with Crippen LogP contribution in [0.3, 0.4) is 0 Å². The molecule has 1 aliphatic rings. The summed E-state index contributed by atoms with van der Waals surface area (Å²) in [6.07, 6.45) is 5.85. The van der Waals surface area contributed by atoms with E-state index in [0.29, 0.717) is 0 Å². The van der Waals surface area contributed by atoms with Crippen molar-refractivity contribution < 1.29 is 9.53 Å².